The van der Waals surface area contributed by atoms with Gasteiger partial charge in [0.1, 0.15) is 11.5 Å². The zero-order valence-corrected chi connectivity index (χ0v) is 18.4. The molecule has 6 nitrogen and oxygen atoms in total. The molecule has 31 heavy (non-hydrogen) atoms. The number of nitrogens with zero attached hydrogens (tertiary/aromatic N) is 3. The average molecular weight is 434 g/mol. The molecular formula is C24H23N3O3S. The van der Waals surface area contributed by atoms with Gasteiger partial charge in [0, 0.05) is 5.56 Å². The Morgan fingerprint density at radius 2 is 1.84 bits per heavy atom. The zero-order chi connectivity index (χ0) is 21.8. The number of carbonyl (C=O) groups excluding carboxylic acids is 1. The van der Waals surface area contributed by atoms with Crippen LogP contribution < -0.4 is 4.74 Å². The van der Waals surface area contributed by atoms with E-state index in [9.17, 15) is 4.79 Å². The number of thioether (sulfide) groups is 1. The highest BCUT2D eigenvalue weighted by Gasteiger charge is 2.23. The Bertz CT molecular complexity index is 1170. The van der Waals surface area contributed by atoms with E-state index in [-0.39, 0.29) is 11.0 Å². The Labute approximate surface area is 185 Å². The van der Waals surface area contributed by atoms with Crippen molar-refractivity contribution < 1.29 is 13.9 Å². The molecule has 0 aliphatic heterocycles. The molecule has 2 aromatic carbocycles. The van der Waals surface area contributed by atoms with Crippen molar-refractivity contribution >= 4 is 17.5 Å². The maximum atomic E-state index is 13.0. The van der Waals surface area contributed by atoms with Crippen molar-refractivity contribution in [2.75, 3.05) is 7.11 Å². The molecule has 0 N–H and O–H groups in total. The highest BCUT2D eigenvalue weighted by Crippen LogP contribution is 2.31. The highest BCUT2D eigenvalue weighted by atomic mass is 32.2. The molecule has 0 bridgehead atoms. The van der Waals surface area contributed by atoms with Crippen LogP contribution in [0.25, 0.3) is 11.4 Å². The molecule has 0 amide bonds. The molecular weight excluding hydrogens is 410 g/mol. The Kier molecular flexibility index (Phi) is 6.23. The first-order valence-corrected chi connectivity index (χ1v) is 10.8. The predicted molar refractivity (Wildman–Crippen MR) is 121 cm³/mol. The first-order valence-electron chi connectivity index (χ1n) is 9.93. The van der Waals surface area contributed by atoms with Gasteiger partial charge in [0.05, 0.1) is 30.7 Å². The van der Waals surface area contributed by atoms with Crippen molar-refractivity contribution in [3.05, 3.63) is 83.8 Å². The third kappa shape index (κ3) is 4.56. The summed E-state index contributed by atoms with van der Waals surface area (Å²) in [6.45, 7) is 4.39. The summed E-state index contributed by atoms with van der Waals surface area (Å²) in [6.07, 6.45) is 1.65. The van der Waals surface area contributed by atoms with Crippen LogP contribution in [0.15, 0.2) is 76.5 Å². The number of hydrogen-bond donors (Lipinski definition) is 0. The van der Waals surface area contributed by atoms with Crippen LogP contribution in [0.1, 0.15) is 28.6 Å². The minimum Gasteiger partial charge on any atom is -0.497 e. The number of carbonyl (C=O) groups is 1. The molecule has 0 fully saturated rings. The van der Waals surface area contributed by atoms with Gasteiger partial charge >= 0.3 is 0 Å². The summed E-state index contributed by atoms with van der Waals surface area (Å²) < 4.78 is 12.7. The van der Waals surface area contributed by atoms with Gasteiger partial charge in [0.2, 0.25) is 0 Å². The molecule has 0 spiro atoms. The standard InChI is InChI=1S/C24H23N3O3S/c1-16-21(13-14-30-16)23-25-26-24(27(23)15-18-7-5-4-6-8-18)31-17(2)22(28)19-9-11-20(29-3)12-10-19/h4-14,17H,15H2,1-3H3/t17-/m0/s1. The quantitative estimate of drug-likeness (QED) is 0.279. The van der Waals surface area contributed by atoms with E-state index in [0.29, 0.717) is 17.3 Å². The number of ether oxygens (including phenoxy) is 1. The molecule has 2 heterocycles. The molecule has 0 unspecified atom stereocenters. The summed E-state index contributed by atoms with van der Waals surface area (Å²) in [5, 5.41) is 9.20. The number of ketones is 1. The molecule has 0 saturated heterocycles. The molecule has 0 aliphatic carbocycles. The van der Waals surface area contributed by atoms with Gasteiger partial charge in [-0.3, -0.25) is 9.36 Å². The predicted octanol–water partition coefficient (Wildman–Crippen LogP) is 5.27. The number of aromatic nitrogens is 3. The first-order chi connectivity index (χ1) is 15.1. The number of methoxy groups -OCH3 is 1. The Morgan fingerprint density at radius 1 is 1.10 bits per heavy atom. The van der Waals surface area contributed by atoms with Crippen LogP contribution >= 0.6 is 11.8 Å². The fourth-order valence-corrected chi connectivity index (χ4v) is 4.23. The molecule has 4 aromatic rings. The van der Waals surface area contributed by atoms with Crippen molar-refractivity contribution in [2.45, 2.75) is 30.8 Å². The Morgan fingerprint density at radius 3 is 2.48 bits per heavy atom. The van der Waals surface area contributed by atoms with Gasteiger partial charge in [0.25, 0.3) is 0 Å². The minimum atomic E-state index is -0.328. The van der Waals surface area contributed by atoms with Crippen LogP contribution in [0.2, 0.25) is 0 Å². The van der Waals surface area contributed by atoms with Crippen molar-refractivity contribution in [1.82, 2.24) is 14.8 Å². The van der Waals surface area contributed by atoms with Crippen molar-refractivity contribution in [3.8, 4) is 17.1 Å². The number of aryl methyl sites for hydroxylation is 1. The number of benzene rings is 2. The van der Waals surface area contributed by atoms with Gasteiger partial charge in [0.15, 0.2) is 16.8 Å². The second kappa shape index (κ2) is 9.22. The fraction of sp³-hybridized carbons (Fsp3) is 0.208. The molecule has 4 rings (SSSR count). The second-order valence-corrected chi connectivity index (χ2v) is 8.43. The highest BCUT2D eigenvalue weighted by molar-refractivity contribution is 8.00. The van der Waals surface area contributed by atoms with Gasteiger partial charge in [-0.05, 0) is 49.7 Å². The largest absolute Gasteiger partial charge is 0.497 e. The van der Waals surface area contributed by atoms with Gasteiger partial charge in [-0.25, -0.2) is 0 Å². The summed E-state index contributed by atoms with van der Waals surface area (Å²) in [7, 11) is 1.61. The van der Waals surface area contributed by atoms with E-state index in [1.165, 1.54) is 11.8 Å². The normalized spacial score (nSPS) is 12.0. The first kappa shape index (κ1) is 20.9. The van der Waals surface area contributed by atoms with E-state index in [4.69, 9.17) is 9.15 Å². The van der Waals surface area contributed by atoms with Crippen LogP contribution in [0.3, 0.4) is 0 Å². The molecule has 0 aliphatic rings. The van der Waals surface area contributed by atoms with Crippen molar-refractivity contribution in [3.63, 3.8) is 0 Å². The van der Waals surface area contributed by atoms with E-state index >= 15 is 0 Å². The number of hydrogen-bond acceptors (Lipinski definition) is 6. The van der Waals surface area contributed by atoms with Crippen LogP contribution in [0.4, 0.5) is 0 Å². The van der Waals surface area contributed by atoms with Crippen LogP contribution in [0, 0.1) is 6.92 Å². The van der Waals surface area contributed by atoms with E-state index in [2.05, 4.69) is 22.3 Å². The van der Waals surface area contributed by atoms with E-state index < -0.39 is 0 Å². The minimum absolute atomic E-state index is 0.0305. The maximum Gasteiger partial charge on any atom is 0.192 e. The summed E-state index contributed by atoms with van der Waals surface area (Å²) in [5.74, 6) is 2.25. The Hall–Kier alpha value is -3.32. The van der Waals surface area contributed by atoms with E-state index in [1.807, 2.05) is 42.7 Å². The number of rotatable bonds is 8. The van der Waals surface area contributed by atoms with Gasteiger partial charge in [-0.2, -0.15) is 0 Å². The third-order valence-corrected chi connectivity index (χ3v) is 6.11. The van der Waals surface area contributed by atoms with Crippen LogP contribution in [-0.2, 0) is 6.54 Å². The van der Waals surface area contributed by atoms with Gasteiger partial charge in [-0.15, -0.1) is 10.2 Å². The Balaban J connectivity index is 1.63. The topological polar surface area (TPSA) is 70.2 Å². The molecule has 0 saturated carbocycles. The summed E-state index contributed by atoms with van der Waals surface area (Å²) in [4.78, 5) is 13.0. The van der Waals surface area contributed by atoms with Crippen LogP contribution in [0.5, 0.6) is 5.75 Å². The lowest BCUT2D eigenvalue weighted by atomic mass is 10.1. The fourth-order valence-electron chi connectivity index (χ4n) is 3.30. The van der Waals surface area contributed by atoms with E-state index in [1.54, 1.807) is 37.6 Å². The maximum absolute atomic E-state index is 13.0. The van der Waals surface area contributed by atoms with Gasteiger partial charge in [-0.1, -0.05) is 42.1 Å². The van der Waals surface area contributed by atoms with Gasteiger partial charge < -0.3 is 9.15 Å². The van der Waals surface area contributed by atoms with Crippen molar-refractivity contribution in [2.24, 2.45) is 0 Å². The monoisotopic (exact) mass is 433 g/mol. The molecule has 158 valence electrons. The third-order valence-electron chi connectivity index (χ3n) is 5.03. The molecule has 2 aromatic heterocycles. The lowest BCUT2D eigenvalue weighted by molar-refractivity contribution is 0.0994. The smallest absolute Gasteiger partial charge is 0.192 e. The molecule has 1 atom stereocenters. The molecule has 7 heteroatoms. The second-order valence-electron chi connectivity index (χ2n) is 7.12. The number of Topliss-reactive ketones (excluding diaryl/α,β-unsaturated/α-hetero) is 1. The lowest BCUT2D eigenvalue weighted by Crippen LogP contribution is -2.15. The van der Waals surface area contributed by atoms with Crippen LogP contribution in [-0.4, -0.2) is 32.9 Å². The summed E-state index contributed by atoms with van der Waals surface area (Å²) >= 11 is 1.40. The average Bonchev–Trinajstić information content (AvgIpc) is 3.39. The molecule has 0 radical (unpaired) electrons. The SMILES string of the molecule is COc1ccc(C(=O)[C@H](C)Sc2nnc(-c3ccoc3C)n2Cc2ccccc2)cc1. The summed E-state index contributed by atoms with van der Waals surface area (Å²) in [5.41, 5.74) is 2.66. The zero-order valence-electron chi connectivity index (χ0n) is 17.6. The summed E-state index contributed by atoms with van der Waals surface area (Å²) in [6, 6.07) is 19.2. The lowest BCUT2D eigenvalue weighted by Gasteiger charge is -2.13. The number of furan rings is 1. The van der Waals surface area contributed by atoms with E-state index in [0.717, 1.165) is 28.5 Å². The van der Waals surface area contributed by atoms with Crippen molar-refractivity contribution in [1.29, 1.82) is 0 Å².